The van der Waals surface area contributed by atoms with Gasteiger partial charge in [0, 0.05) is 12.6 Å². The molecule has 3 unspecified atom stereocenters. The summed E-state index contributed by atoms with van der Waals surface area (Å²) in [4.78, 5) is 11.3. The minimum atomic E-state index is -1.42. The van der Waals surface area contributed by atoms with Gasteiger partial charge in [0.1, 0.15) is 0 Å². The van der Waals surface area contributed by atoms with E-state index in [1.165, 1.54) is 26.9 Å². The van der Waals surface area contributed by atoms with E-state index in [0.29, 0.717) is 6.04 Å². The van der Waals surface area contributed by atoms with E-state index < -0.39 is 11.6 Å². The summed E-state index contributed by atoms with van der Waals surface area (Å²) in [5.41, 5.74) is -1.42. The van der Waals surface area contributed by atoms with Crippen LogP contribution in [0.4, 0.5) is 0 Å². The van der Waals surface area contributed by atoms with Crippen LogP contribution in [0.15, 0.2) is 0 Å². The molecule has 0 aromatic carbocycles. The highest BCUT2D eigenvalue weighted by atomic mass is 16.5. The number of ether oxygens (including phenoxy) is 1. The summed E-state index contributed by atoms with van der Waals surface area (Å²) < 4.78 is 4.55. The van der Waals surface area contributed by atoms with Gasteiger partial charge in [-0.1, -0.05) is 19.8 Å². The van der Waals surface area contributed by atoms with Gasteiger partial charge in [0.05, 0.1) is 7.11 Å². The lowest BCUT2D eigenvalue weighted by atomic mass is 9.87. The van der Waals surface area contributed by atoms with Crippen molar-refractivity contribution in [1.29, 1.82) is 0 Å². The first kappa shape index (κ1) is 13.5. The molecule has 1 aliphatic carbocycles. The van der Waals surface area contributed by atoms with Crippen molar-refractivity contribution in [2.45, 2.75) is 51.2 Å². The van der Waals surface area contributed by atoms with Crippen molar-refractivity contribution >= 4 is 5.97 Å². The fourth-order valence-corrected chi connectivity index (χ4v) is 2.25. The second kappa shape index (κ2) is 5.64. The van der Waals surface area contributed by atoms with E-state index >= 15 is 0 Å². The van der Waals surface area contributed by atoms with Crippen LogP contribution in [0.3, 0.4) is 0 Å². The smallest absolute Gasteiger partial charge is 0.338 e. The molecule has 0 aliphatic heterocycles. The quantitative estimate of drug-likeness (QED) is 0.708. The molecule has 0 aromatic heterocycles. The van der Waals surface area contributed by atoms with E-state index in [2.05, 4.69) is 17.0 Å². The molecular formula is C12H23NO3. The molecule has 0 amide bonds. The Bertz CT molecular complexity index is 240. The predicted octanol–water partition coefficient (Wildman–Crippen LogP) is 1.08. The molecular weight excluding hydrogens is 206 g/mol. The number of esters is 1. The van der Waals surface area contributed by atoms with Crippen LogP contribution in [0.2, 0.25) is 0 Å². The van der Waals surface area contributed by atoms with Gasteiger partial charge in [-0.05, 0) is 25.7 Å². The highest BCUT2D eigenvalue weighted by Gasteiger charge is 2.32. The lowest BCUT2D eigenvalue weighted by Crippen LogP contribution is -2.49. The average Bonchev–Trinajstić information content (AvgIpc) is 2.25. The van der Waals surface area contributed by atoms with Crippen LogP contribution in [-0.4, -0.2) is 36.4 Å². The van der Waals surface area contributed by atoms with E-state index in [-0.39, 0.29) is 6.54 Å². The zero-order valence-electron chi connectivity index (χ0n) is 10.5. The maximum atomic E-state index is 11.3. The van der Waals surface area contributed by atoms with Gasteiger partial charge < -0.3 is 15.2 Å². The van der Waals surface area contributed by atoms with Crippen molar-refractivity contribution in [1.82, 2.24) is 5.32 Å². The molecule has 2 N–H and O–H groups in total. The monoisotopic (exact) mass is 229 g/mol. The third-order valence-electron chi connectivity index (χ3n) is 3.30. The fraction of sp³-hybridized carbons (Fsp3) is 0.917. The number of nitrogens with one attached hydrogen (secondary N) is 1. The summed E-state index contributed by atoms with van der Waals surface area (Å²) >= 11 is 0. The number of hydrogen-bond donors (Lipinski definition) is 2. The van der Waals surface area contributed by atoms with Crippen LogP contribution < -0.4 is 5.32 Å². The molecule has 0 spiro atoms. The Morgan fingerprint density at radius 1 is 1.56 bits per heavy atom. The Morgan fingerprint density at radius 3 is 2.81 bits per heavy atom. The second-order valence-electron chi connectivity index (χ2n) is 5.12. The van der Waals surface area contributed by atoms with E-state index in [0.717, 1.165) is 18.8 Å². The molecule has 3 atom stereocenters. The zero-order chi connectivity index (χ0) is 12.2. The minimum Gasteiger partial charge on any atom is -0.467 e. The summed E-state index contributed by atoms with van der Waals surface area (Å²) in [7, 11) is 1.29. The third-order valence-corrected chi connectivity index (χ3v) is 3.30. The second-order valence-corrected chi connectivity index (χ2v) is 5.12. The van der Waals surface area contributed by atoms with Crippen molar-refractivity contribution in [2.24, 2.45) is 5.92 Å². The molecule has 0 bridgehead atoms. The number of rotatable bonds is 4. The SMILES string of the molecule is COC(=O)C(C)(O)CNC1CCCC(C)C1. The van der Waals surface area contributed by atoms with Gasteiger partial charge in [-0.25, -0.2) is 4.79 Å². The van der Waals surface area contributed by atoms with Gasteiger partial charge >= 0.3 is 5.97 Å². The molecule has 1 saturated carbocycles. The van der Waals surface area contributed by atoms with Crippen LogP contribution in [0.25, 0.3) is 0 Å². The number of carbonyl (C=O) groups excluding carboxylic acids is 1. The highest BCUT2D eigenvalue weighted by molar-refractivity contribution is 5.78. The minimum absolute atomic E-state index is 0.261. The molecule has 94 valence electrons. The molecule has 1 rings (SSSR count). The first-order valence-corrected chi connectivity index (χ1v) is 6.00. The molecule has 4 nitrogen and oxygen atoms in total. The van der Waals surface area contributed by atoms with E-state index in [1.807, 2.05) is 0 Å². The highest BCUT2D eigenvalue weighted by Crippen LogP contribution is 2.23. The molecule has 1 fully saturated rings. The maximum Gasteiger partial charge on any atom is 0.338 e. The van der Waals surface area contributed by atoms with E-state index in [4.69, 9.17) is 0 Å². The first-order chi connectivity index (χ1) is 7.45. The van der Waals surface area contributed by atoms with Crippen LogP contribution >= 0.6 is 0 Å². The number of methoxy groups -OCH3 is 1. The fourth-order valence-electron chi connectivity index (χ4n) is 2.25. The maximum absolute atomic E-state index is 11.3. The van der Waals surface area contributed by atoms with Gasteiger partial charge in [0.15, 0.2) is 5.60 Å². The lowest BCUT2D eigenvalue weighted by Gasteiger charge is -2.30. The Balaban J connectivity index is 2.35. The van der Waals surface area contributed by atoms with Crippen molar-refractivity contribution < 1.29 is 14.6 Å². The molecule has 0 radical (unpaired) electrons. The van der Waals surface area contributed by atoms with E-state index in [9.17, 15) is 9.90 Å². The Kier molecular flexibility index (Phi) is 4.74. The Morgan fingerprint density at radius 2 is 2.25 bits per heavy atom. The first-order valence-electron chi connectivity index (χ1n) is 6.00. The molecule has 4 heteroatoms. The van der Waals surface area contributed by atoms with Crippen molar-refractivity contribution in [2.75, 3.05) is 13.7 Å². The molecule has 0 aromatic rings. The van der Waals surface area contributed by atoms with Crippen LogP contribution in [-0.2, 0) is 9.53 Å². The van der Waals surface area contributed by atoms with Crippen LogP contribution in [0, 0.1) is 5.92 Å². The number of hydrogen-bond acceptors (Lipinski definition) is 4. The number of carbonyl (C=O) groups is 1. The summed E-state index contributed by atoms with van der Waals surface area (Å²) in [6.45, 7) is 3.99. The summed E-state index contributed by atoms with van der Waals surface area (Å²) in [6, 6.07) is 0.417. The van der Waals surface area contributed by atoms with Crippen molar-refractivity contribution in [3.63, 3.8) is 0 Å². The molecule has 1 aliphatic rings. The van der Waals surface area contributed by atoms with Gasteiger partial charge in [0.25, 0.3) is 0 Å². The van der Waals surface area contributed by atoms with Crippen LogP contribution in [0.5, 0.6) is 0 Å². The standard InChI is InChI=1S/C12H23NO3/c1-9-5-4-6-10(7-9)13-8-12(2,15)11(14)16-3/h9-10,13,15H,4-8H2,1-3H3. The summed E-state index contributed by atoms with van der Waals surface area (Å²) in [5.74, 6) is 0.151. The third kappa shape index (κ3) is 3.76. The normalized spacial score (nSPS) is 29.5. The summed E-state index contributed by atoms with van der Waals surface area (Å²) in [5, 5.41) is 13.1. The van der Waals surface area contributed by atoms with Gasteiger partial charge in [-0.15, -0.1) is 0 Å². The molecule has 0 saturated heterocycles. The lowest BCUT2D eigenvalue weighted by molar-refractivity contribution is -0.160. The number of aliphatic hydroxyl groups is 1. The molecule has 16 heavy (non-hydrogen) atoms. The van der Waals surface area contributed by atoms with Crippen LogP contribution in [0.1, 0.15) is 39.5 Å². The van der Waals surface area contributed by atoms with Crippen molar-refractivity contribution in [3.8, 4) is 0 Å². The Labute approximate surface area is 97.4 Å². The van der Waals surface area contributed by atoms with Gasteiger partial charge in [-0.3, -0.25) is 0 Å². The van der Waals surface area contributed by atoms with Gasteiger partial charge in [-0.2, -0.15) is 0 Å². The van der Waals surface area contributed by atoms with Crippen molar-refractivity contribution in [3.05, 3.63) is 0 Å². The molecule has 0 heterocycles. The zero-order valence-corrected chi connectivity index (χ0v) is 10.5. The predicted molar refractivity (Wildman–Crippen MR) is 62.1 cm³/mol. The van der Waals surface area contributed by atoms with Gasteiger partial charge in [0.2, 0.25) is 0 Å². The Hall–Kier alpha value is -0.610. The topological polar surface area (TPSA) is 58.6 Å². The average molecular weight is 229 g/mol. The summed E-state index contributed by atoms with van der Waals surface area (Å²) in [6.07, 6.45) is 4.75. The van der Waals surface area contributed by atoms with E-state index in [1.54, 1.807) is 0 Å². The largest absolute Gasteiger partial charge is 0.467 e.